The van der Waals surface area contributed by atoms with Crippen molar-refractivity contribution in [1.82, 2.24) is 0 Å². The summed E-state index contributed by atoms with van der Waals surface area (Å²) in [5.74, 6) is 2.51. The molecule has 0 spiro atoms. The number of benzene rings is 1. The molecule has 0 bridgehead atoms. The van der Waals surface area contributed by atoms with Crippen LogP contribution in [0.3, 0.4) is 0 Å². The van der Waals surface area contributed by atoms with E-state index in [4.69, 9.17) is 18.9 Å². The number of hydrogen-bond acceptors (Lipinski definition) is 4. The van der Waals surface area contributed by atoms with Gasteiger partial charge in [0.1, 0.15) is 11.9 Å². The van der Waals surface area contributed by atoms with E-state index in [9.17, 15) is 0 Å². The maximum Gasteiger partial charge on any atom is 0.231 e. The van der Waals surface area contributed by atoms with Gasteiger partial charge in [-0.25, -0.2) is 0 Å². The Hall–Kier alpha value is -1.94. The Morgan fingerprint density at radius 3 is 2.80 bits per heavy atom. The van der Waals surface area contributed by atoms with Crippen LogP contribution in [-0.4, -0.2) is 27.1 Å². The van der Waals surface area contributed by atoms with Gasteiger partial charge in [-0.2, -0.15) is 0 Å². The average Bonchev–Trinajstić information content (AvgIpc) is 2.94. The standard InChI is InChI=1S/C16H18O4/c1-17-14-5-3-4-12(16(14)18-2)8-11-6-7-13-15(9-11)20-10-19-13/h4-7,9,16H,3,8,10H2,1-2H3. The van der Waals surface area contributed by atoms with Crippen LogP contribution in [0.25, 0.3) is 0 Å². The zero-order valence-corrected chi connectivity index (χ0v) is 11.7. The predicted molar refractivity (Wildman–Crippen MR) is 74.9 cm³/mol. The van der Waals surface area contributed by atoms with Gasteiger partial charge >= 0.3 is 0 Å². The van der Waals surface area contributed by atoms with Crippen LogP contribution in [-0.2, 0) is 15.9 Å². The van der Waals surface area contributed by atoms with Crippen LogP contribution in [0.15, 0.2) is 41.7 Å². The lowest BCUT2D eigenvalue weighted by Crippen LogP contribution is -2.22. The van der Waals surface area contributed by atoms with Crippen molar-refractivity contribution < 1.29 is 18.9 Å². The van der Waals surface area contributed by atoms with Crippen molar-refractivity contribution in [2.75, 3.05) is 21.0 Å². The fraction of sp³-hybridized carbons (Fsp3) is 0.375. The van der Waals surface area contributed by atoms with Crippen molar-refractivity contribution in [2.24, 2.45) is 0 Å². The fourth-order valence-electron chi connectivity index (χ4n) is 2.63. The molecule has 106 valence electrons. The maximum atomic E-state index is 5.55. The lowest BCUT2D eigenvalue weighted by molar-refractivity contribution is 0.0985. The van der Waals surface area contributed by atoms with Gasteiger partial charge in [0.25, 0.3) is 0 Å². The van der Waals surface area contributed by atoms with E-state index >= 15 is 0 Å². The first-order valence-corrected chi connectivity index (χ1v) is 6.66. The smallest absolute Gasteiger partial charge is 0.231 e. The molecule has 3 rings (SSSR count). The van der Waals surface area contributed by atoms with Gasteiger partial charge in [0.2, 0.25) is 6.79 Å². The van der Waals surface area contributed by atoms with Crippen molar-refractivity contribution >= 4 is 0 Å². The molecule has 2 aliphatic rings. The fourth-order valence-corrected chi connectivity index (χ4v) is 2.63. The van der Waals surface area contributed by atoms with Gasteiger partial charge in [0.15, 0.2) is 11.5 Å². The van der Waals surface area contributed by atoms with Gasteiger partial charge in [-0.3, -0.25) is 0 Å². The first-order valence-electron chi connectivity index (χ1n) is 6.66. The molecule has 20 heavy (non-hydrogen) atoms. The third-order valence-electron chi connectivity index (χ3n) is 3.61. The lowest BCUT2D eigenvalue weighted by Gasteiger charge is -2.24. The largest absolute Gasteiger partial charge is 0.498 e. The Morgan fingerprint density at radius 2 is 2.00 bits per heavy atom. The molecule has 4 heteroatoms. The van der Waals surface area contributed by atoms with Gasteiger partial charge in [-0.1, -0.05) is 12.1 Å². The summed E-state index contributed by atoms with van der Waals surface area (Å²) in [6.45, 7) is 0.304. The summed E-state index contributed by atoms with van der Waals surface area (Å²) in [4.78, 5) is 0. The highest BCUT2D eigenvalue weighted by molar-refractivity contribution is 5.46. The average molecular weight is 274 g/mol. The minimum atomic E-state index is -0.0980. The van der Waals surface area contributed by atoms with Crippen LogP contribution in [0.4, 0.5) is 0 Å². The molecule has 0 saturated heterocycles. The molecular weight excluding hydrogens is 256 g/mol. The van der Waals surface area contributed by atoms with Crippen molar-refractivity contribution in [3.8, 4) is 11.5 Å². The molecule has 0 saturated carbocycles. The van der Waals surface area contributed by atoms with E-state index in [2.05, 4.69) is 18.2 Å². The molecule has 1 atom stereocenters. The zero-order chi connectivity index (χ0) is 13.9. The molecule has 1 aliphatic carbocycles. The molecule has 1 aromatic rings. The van der Waals surface area contributed by atoms with Gasteiger partial charge < -0.3 is 18.9 Å². The van der Waals surface area contributed by atoms with Crippen LogP contribution < -0.4 is 9.47 Å². The Morgan fingerprint density at radius 1 is 1.15 bits per heavy atom. The number of allylic oxidation sites excluding steroid dienone is 2. The molecule has 0 radical (unpaired) electrons. The third-order valence-corrected chi connectivity index (χ3v) is 3.61. The molecule has 4 nitrogen and oxygen atoms in total. The zero-order valence-electron chi connectivity index (χ0n) is 11.7. The van der Waals surface area contributed by atoms with E-state index in [0.717, 1.165) is 30.1 Å². The molecule has 1 aliphatic heterocycles. The minimum absolute atomic E-state index is 0.0980. The van der Waals surface area contributed by atoms with E-state index in [1.807, 2.05) is 12.1 Å². The van der Waals surface area contributed by atoms with E-state index < -0.39 is 0 Å². The van der Waals surface area contributed by atoms with E-state index in [0.29, 0.717) is 6.79 Å². The molecule has 1 heterocycles. The Kier molecular flexibility index (Phi) is 3.65. The first-order chi connectivity index (χ1) is 9.81. The Bertz CT molecular complexity index is 560. The summed E-state index contributed by atoms with van der Waals surface area (Å²) in [5.41, 5.74) is 2.39. The number of rotatable bonds is 4. The Labute approximate surface area is 118 Å². The predicted octanol–water partition coefficient (Wildman–Crippen LogP) is 2.83. The van der Waals surface area contributed by atoms with Gasteiger partial charge in [-0.15, -0.1) is 0 Å². The van der Waals surface area contributed by atoms with Crippen LogP contribution in [0.5, 0.6) is 11.5 Å². The molecular formula is C16H18O4. The molecule has 0 aromatic heterocycles. The molecule has 0 amide bonds. The summed E-state index contributed by atoms with van der Waals surface area (Å²) in [6.07, 6.45) is 5.84. The van der Waals surface area contributed by atoms with Crippen LogP contribution >= 0.6 is 0 Å². The van der Waals surface area contributed by atoms with E-state index in [1.165, 1.54) is 11.1 Å². The van der Waals surface area contributed by atoms with Gasteiger partial charge in [-0.05, 0) is 42.2 Å². The summed E-state index contributed by atoms with van der Waals surface area (Å²) in [5, 5.41) is 0. The molecule has 1 aromatic carbocycles. The lowest BCUT2D eigenvalue weighted by atomic mass is 9.94. The first kappa shape index (κ1) is 13.1. The van der Waals surface area contributed by atoms with Crippen molar-refractivity contribution in [3.05, 3.63) is 47.2 Å². The molecule has 1 unspecified atom stereocenters. The Balaban J connectivity index is 1.78. The van der Waals surface area contributed by atoms with Gasteiger partial charge in [0.05, 0.1) is 7.11 Å². The van der Waals surface area contributed by atoms with Gasteiger partial charge in [0, 0.05) is 7.11 Å². The van der Waals surface area contributed by atoms with E-state index in [-0.39, 0.29) is 6.10 Å². The second kappa shape index (κ2) is 5.59. The van der Waals surface area contributed by atoms with Crippen molar-refractivity contribution in [2.45, 2.75) is 18.9 Å². The number of ether oxygens (including phenoxy) is 4. The number of methoxy groups -OCH3 is 2. The second-order valence-electron chi connectivity index (χ2n) is 4.81. The summed E-state index contributed by atoms with van der Waals surface area (Å²) < 4.78 is 21.7. The number of fused-ring (bicyclic) bond motifs is 1. The highest BCUT2D eigenvalue weighted by Crippen LogP contribution is 2.34. The SMILES string of the molecule is COC1=CCC=C(Cc2ccc3c(c2)OCO3)C1OC. The minimum Gasteiger partial charge on any atom is -0.498 e. The van der Waals surface area contributed by atoms with Crippen molar-refractivity contribution in [3.63, 3.8) is 0 Å². The normalized spacial score (nSPS) is 20.4. The van der Waals surface area contributed by atoms with Crippen LogP contribution in [0.1, 0.15) is 12.0 Å². The van der Waals surface area contributed by atoms with E-state index in [1.54, 1.807) is 14.2 Å². The highest BCUT2D eigenvalue weighted by atomic mass is 16.7. The highest BCUT2D eigenvalue weighted by Gasteiger charge is 2.23. The molecule has 0 fully saturated rings. The summed E-state index contributed by atoms with van der Waals surface area (Å²) >= 11 is 0. The van der Waals surface area contributed by atoms with Crippen molar-refractivity contribution in [1.29, 1.82) is 0 Å². The quantitative estimate of drug-likeness (QED) is 0.791. The monoisotopic (exact) mass is 274 g/mol. The van der Waals surface area contributed by atoms with Crippen LogP contribution in [0, 0.1) is 0 Å². The summed E-state index contributed by atoms with van der Waals surface area (Å²) in [7, 11) is 3.39. The molecule has 0 N–H and O–H groups in total. The second-order valence-corrected chi connectivity index (χ2v) is 4.81. The topological polar surface area (TPSA) is 36.9 Å². The third kappa shape index (κ3) is 2.39. The summed E-state index contributed by atoms with van der Waals surface area (Å²) in [6, 6.07) is 6.04. The maximum absolute atomic E-state index is 5.55. The number of hydrogen-bond donors (Lipinski definition) is 0. The van der Waals surface area contributed by atoms with Crippen LogP contribution in [0.2, 0.25) is 0 Å².